The number of nitrogens with one attached hydrogen (secondary N) is 1. The molecule has 1 aromatic carbocycles. The molecule has 1 unspecified atom stereocenters. The first-order valence-corrected chi connectivity index (χ1v) is 12.2. The molecule has 1 aliphatic carbocycles. The first-order chi connectivity index (χ1) is 15.7. The average Bonchev–Trinajstić information content (AvgIpc) is 3.17. The Bertz CT molecular complexity index is 1130. The highest BCUT2D eigenvalue weighted by molar-refractivity contribution is 9.10. The quantitative estimate of drug-likeness (QED) is 0.586. The van der Waals surface area contributed by atoms with Crippen LogP contribution >= 0.6 is 27.7 Å². The summed E-state index contributed by atoms with van der Waals surface area (Å²) in [6.07, 6.45) is -1.87. The molecule has 4 atom stereocenters. The second kappa shape index (κ2) is 8.19. The standard InChI is InChI=1S/C22H20BrF3N4O2S/c23-12-2-5-17-14(7-12)21(10-33-20(27)30-21)15-8-13(3-6-18(15)32-17)29-19(31)16-4-1-11(9-28-16)22(24,25)26/h1-2,4-5,7,9,13,15,18H,3,6,8,10H2,(H2,27,30)(H,29,31)/t13-,15-,18-,21?/m0/s1. The third-order valence-electron chi connectivity index (χ3n) is 6.50. The van der Waals surface area contributed by atoms with Crippen molar-refractivity contribution in [3.8, 4) is 5.75 Å². The summed E-state index contributed by atoms with van der Waals surface area (Å²) >= 11 is 5.05. The molecule has 1 aromatic heterocycles. The maximum Gasteiger partial charge on any atom is 0.417 e. The summed E-state index contributed by atoms with van der Waals surface area (Å²) in [5.74, 6) is 0.987. The zero-order chi connectivity index (χ0) is 23.4. The first-order valence-electron chi connectivity index (χ1n) is 10.4. The number of hydrogen-bond donors (Lipinski definition) is 2. The molecule has 6 nitrogen and oxygen atoms in total. The Labute approximate surface area is 200 Å². The van der Waals surface area contributed by atoms with Gasteiger partial charge in [0.2, 0.25) is 0 Å². The van der Waals surface area contributed by atoms with Gasteiger partial charge < -0.3 is 15.8 Å². The van der Waals surface area contributed by atoms with E-state index in [4.69, 9.17) is 15.5 Å². The fourth-order valence-electron chi connectivity index (χ4n) is 4.95. The number of halogens is 4. The number of benzene rings is 1. The van der Waals surface area contributed by atoms with E-state index in [1.165, 1.54) is 11.8 Å². The molecule has 1 amide bonds. The third-order valence-corrected chi connectivity index (χ3v) is 7.96. The minimum atomic E-state index is -4.50. The number of amides is 1. The van der Waals surface area contributed by atoms with E-state index in [0.29, 0.717) is 36.4 Å². The van der Waals surface area contributed by atoms with Crippen LogP contribution in [-0.2, 0) is 11.7 Å². The van der Waals surface area contributed by atoms with Gasteiger partial charge in [-0.2, -0.15) is 13.2 Å². The number of rotatable bonds is 2. The van der Waals surface area contributed by atoms with Crippen LogP contribution in [0, 0.1) is 5.92 Å². The van der Waals surface area contributed by atoms with Crippen LogP contribution in [0.15, 0.2) is 46.0 Å². The van der Waals surface area contributed by atoms with Gasteiger partial charge in [-0.25, -0.2) is 4.99 Å². The first kappa shape index (κ1) is 22.5. The number of fused-ring (bicyclic) bond motifs is 4. The summed E-state index contributed by atoms with van der Waals surface area (Å²) in [6.45, 7) is 0. The number of pyridine rings is 1. The number of aliphatic imine (C=N–C) groups is 1. The second-order valence-electron chi connectivity index (χ2n) is 8.48. The molecule has 2 aromatic rings. The van der Waals surface area contributed by atoms with Crippen LogP contribution in [0.3, 0.4) is 0 Å². The Morgan fingerprint density at radius 1 is 1.27 bits per heavy atom. The van der Waals surface area contributed by atoms with Crippen molar-refractivity contribution < 1.29 is 22.7 Å². The summed E-state index contributed by atoms with van der Waals surface area (Å²) in [5.41, 5.74) is 5.58. The zero-order valence-electron chi connectivity index (χ0n) is 17.2. The zero-order valence-corrected chi connectivity index (χ0v) is 19.6. The van der Waals surface area contributed by atoms with Crippen molar-refractivity contribution in [2.45, 2.75) is 43.1 Å². The van der Waals surface area contributed by atoms with Gasteiger partial charge >= 0.3 is 6.18 Å². The molecule has 3 heterocycles. The molecule has 0 saturated heterocycles. The topological polar surface area (TPSA) is 89.6 Å². The summed E-state index contributed by atoms with van der Waals surface area (Å²) in [6, 6.07) is 7.68. The van der Waals surface area contributed by atoms with E-state index >= 15 is 0 Å². The molecule has 3 N–H and O–H groups in total. The molecule has 5 rings (SSSR count). The normalized spacial score (nSPS) is 28.5. The lowest BCUT2D eigenvalue weighted by Crippen LogP contribution is -2.54. The van der Waals surface area contributed by atoms with E-state index in [2.05, 4.69) is 26.2 Å². The predicted molar refractivity (Wildman–Crippen MR) is 122 cm³/mol. The van der Waals surface area contributed by atoms with Gasteiger partial charge in [0.15, 0.2) is 5.17 Å². The van der Waals surface area contributed by atoms with Crippen LogP contribution in [0.2, 0.25) is 0 Å². The lowest BCUT2D eigenvalue weighted by Gasteiger charge is -2.48. The monoisotopic (exact) mass is 540 g/mol. The minimum Gasteiger partial charge on any atom is -0.490 e. The number of ether oxygens (including phenoxy) is 1. The van der Waals surface area contributed by atoms with Crippen LogP contribution in [0.25, 0.3) is 0 Å². The minimum absolute atomic E-state index is 0.00698. The van der Waals surface area contributed by atoms with Crippen LogP contribution in [-0.4, -0.2) is 34.0 Å². The van der Waals surface area contributed by atoms with Gasteiger partial charge in [-0.1, -0.05) is 27.7 Å². The molecule has 1 spiro atoms. The molecule has 0 bridgehead atoms. The van der Waals surface area contributed by atoms with Gasteiger partial charge in [0, 0.05) is 33.9 Å². The summed E-state index contributed by atoms with van der Waals surface area (Å²) in [4.78, 5) is 21.3. The molecule has 174 valence electrons. The summed E-state index contributed by atoms with van der Waals surface area (Å²) < 4.78 is 45.6. The molecular formula is C22H20BrF3N4O2S. The van der Waals surface area contributed by atoms with E-state index in [-0.39, 0.29) is 23.8 Å². The van der Waals surface area contributed by atoms with Crippen molar-refractivity contribution in [1.29, 1.82) is 0 Å². The molecule has 11 heteroatoms. The van der Waals surface area contributed by atoms with Crippen LogP contribution in [0.4, 0.5) is 13.2 Å². The molecule has 2 aliphatic heterocycles. The van der Waals surface area contributed by atoms with Crippen molar-refractivity contribution in [2.75, 3.05) is 5.75 Å². The van der Waals surface area contributed by atoms with Crippen molar-refractivity contribution in [1.82, 2.24) is 10.3 Å². The molecule has 1 fully saturated rings. The number of alkyl halides is 3. The number of amidine groups is 1. The highest BCUT2D eigenvalue weighted by atomic mass is 79.9. The van der Waals surface area contributed by atoms with E-state index in [9.17, 15) is 18.0 Å². The number of nitrogens with two attached hydrogens (primary N) is 1. The Balaban J connectivity index is 1.38. The molecule has 3 aliphatic rings. The molecule has 0 radical (unpaired) electrons. The Morgan fingerprint density at radius 3 is 2.76 bits per heavy atom. The van der Waals surface area contributed by atoms with Gasteiger partial charge in [-0.3, -0.25) is 9.78 Å². The van der Waals surface area contributed by atoms with Gasteiger partial charge in [-0.05, 0) is 49.6 Å². The molecule has 1 saturated carbocycles. The van der Waals surface area contributed by atoms with Gasteiger partial charge in [0.1, 0.15) is 23.1 Å². The lowest BCUT2D eigenvalue weighted by molar-refractivity contribution is -0.137. The van der Waals surface area contributed by atoms with Crippen LogP contribution in [0.1, 0.15) is 40.9 Å². The van der Waals surface area contributed by atoms with Gasteiger partial charge in [-0.15, -0.1) is 0 Å². The Kier molecular flexibility index (Phi) is 5.59. The highest BCUT2D eigenvalue weighted by Crippen LogP contribution is 2.54. The Hall–Kier alpha value is -2.27. The van der Waals surface area contributed by atoms with E-state index in [0.717, 1.165) is 27.9 Å². The van der Waals surface area contributed by atoms with Crippen LogP contribution < -0.4 is 15.8 Å². The largest absolute Gasteiger partial charge is 0.490 e. The smallest absolute Gasteiger partial charge is 0.417 e. The number of nitrogens with zero attached hydrogens (tertiary/aromatic N) is 2. The van der Waals surface area contributed by atoms with Gasteiger partial charge in [0.25, 0.3) is 5.91 Å². The predicted octanol–water partition coefficient (Wildman–Crippen LogP) is 4.48. The highest BCUT2D eigenvalue weighted by Gasteiger charge is 2.54. The van der Waals surface area contributed by atoms with Crippen LogP contribution in [0.5, 0.6) is 5.75 Å². The SMILES string of the molecule is NC1=NC2(CS1)c1cc(Br)ccc1O[C@H]1CC[C@H](NC(=O)c3ccc(C(F)(F)F)cn3)C[C@@H]12. The Morgan fingerprint density at radius 2 is 2.09 bits per heavy atom. The van der Waals surface area contributed by atoms with Crippen molar-refractivity contribution in [3.63, 3.8) is 0 Å². The number of aromatic nitrogens is 1. The maximum atomic E-state index is 12.8. The fraction of sp³-hybridized carbons (Fsp3) is 0.409. The van der Waals surface area contributed by atoms with E-state index in [1.54, 1.807) is 0 Å². The van der Waals surface area contributed by atoms with Crippen molar-refractivity contribution in [3.05, 3.63) is 57.8 Å². The number of carbonyl (C=O) groups is 1. The summed E-state index contributed by atoms with van der Waals surface area (Å²) in [7, 11) is 0. The lowest BCUT2D eigenvalue weighted by atomic mass is 9.67. The number of hydrogen-bond acceptors (Lipinski definition) is 6. The third kappa shape index (κ3) is 4.09. The van der Waals surface area contributed by atoms with E-state index < -0.39 is 23.2 Å². The van der Waals surface area contributed by atoms with Crippen molar-refractivity contribution >= 4 is 38.8 Å². The number of thioether (sulfide) groups is 1. The second-order valence-corrected chi connectivity index (χ2v) is 10.4. The van der Waals surface area contributed by atoms with Crippen molar-refractivity contribution in [2.24, 2.45) is 16.6 Å². The molecule has 33 heavy (non-hydrogen) atoms. The average molecular weight is 541 g/mol. The fourth-order valence-corrected chi connectivity index (χ4v) is 6.34. The number of carbonyl (C=O) groups excluding carboxylic acids is 1. The van der Waals surface area contributed by atoms with Gasteiger partial charge in [0.05, 0.1) is 5.56 Å². The summed E-state index contributed by atoms with van der Waals surface area (Å²) in [5, 5.41) is 3.47. The maximum absolute atomic E-state index is 12.8. The molecular weight excluding hydrogens is 521 g/mol. The van der Waals surface area contributed by atoms with E-state index in [1.807, 2.05) is 18.2 Å².